The monoisotopic (exact) mass is 512 g/mol. The minimum atomic E-state index is -4.02. The van der Waals surface area contributed by atoms with Gasteiger partial charge in [-0.3, -0.25) is 4.55 Å². The third-order valence-corrected chi connectivity index (χ3v) is 5.90. The number of nitrogens with zero attached hydrogens (tertiary/aromatic N) is 1. The maximum Gasteiger partial charge on any atom is 0.294 e. The molecule has 3 N–H and O–H groups in total. The minimum Gasteiger partial charge on any atom is -0.490 e. The molecule has 0 fully saturated rings. The van der Waals surface area contributed by atoms with Crippen molar-refractivity contribution < 1.29 is 17.7 Å². The number of hydrogen-bond acceptors (Lipinski definition) is 5. The van der Waals surface area contributed by atoms with E-state index in [2.05, 4.69) is 33.0 Å². The summed E-state index contributed by atoms with van der Waals surface area (Å²) in [6.07, 6.45) is 2.37. The van der Waals surface area contributed by atoms with Crippen LogP contribution < -0.4 is 10.5 Å². The van der Waals surface area contributed by atoms with E-state index in [0.29, 0.717) is 22.0 Å². The standard InChI is InChI=1S/C14H14BrClN2O.C7H8O3S/c15-13-7-12(8-18-14(13)16)19-9-11(17)6-10-4-2-1-3-5-10;1-6-2-4-7(5-3-6)11(8,9)10/h1-5,7-8,11H,6,9,17H2;2-5H,1H3,(H,8,9,10)/t11-;/m0./s1. The van der Waals surface area contributed by atoms with Crippen LogP contribution in [0.3, 0.4) is 0 Å². The molecule has 6 nitrogen and oxygen atoms in total. The number of hydrogen-bond donors (Lipinski definition) is 2. The Labute approximate surface area is 189 Å². The number of nitrogens with two attached hydrogens (primary N) is 1. The third-order valence-electron chi connectivity index (χ3n) is 3.89. The summed E-state index contributed by atoms with van der Waals surface area (Å²) >= 11 is 9.11. The van der Waals surface area contributed by atoms with Gasteiger partial charge in [0.05, 0.1) is 15.6 Å². The first-order valence-corrected chi connectivity index (χ1v) is 11.5. The molecule has 0 spiro atoms. The second-order valence-corrected chi connectivity index (χ2v) is 9.13. The maximum atomic E-state index is 10.5. The van der Waals surface area contributed by atoms with Gasteiger partial charge >= 0.3 is 0 Å². The lowest BCUT2D eigenvalue weighted by Crippen LogP contribution is -2.30. The van der Waals surface area contributed by atoms with Gasteiger partial charge in [0.25, 0.3) is 10.1 Å². The van der Waals surface area contributed by atoms with Gasteiger partial charge in [-0.1, -0.05) is 59.6 Å². The van der Waals surface area contributed by atoms with Gasteiger partial charge in [0, 0.05) is 6.04 Å². The number of benzene rings is 2. The summed E-state index contributed by atoms with van der Waals surface area (Å²) in [7, 11) is -4.02. The summed E-state index contributed by atoms with van der Waals surface area (Å²) in [4.78, 5) is 3.93. The number of aryl methyl sites for hydroxylation is 1. The van der Waals surface area contributed by atoms with Crippen molar-refractivity contribution >= 4 is 37.6 Å². The van der Waals surface area contributed by atoms with Crippen molar-refractivity contribution in [3.8, 4) is 5.75 Å². The first kappa shape index (κ1) is 24.3. The van der Waals surface area contributed by atoms with Crippen LogP contribution in [0.25, 0.3) is 0 Å². The molecule has 1 heterocycles. The average molecular weight is 514 g/mol. The van der Waals surface area contributed by atoms with Crippen molar-refractivity contribution in [2.24, 2.45) is 5.73 Å². The molecule has 9 heteroatoms. The van der Waals surface area contributed by atoms with Crippen LogP contribution in [0.1, 0.15) is 11.1 Å². The molecule has 0 aliphatic heterocycles. The van der Waals surface area contributed by atoms with Crippen molar-refractivity contribution in [3.05, 3.63) is 87.6 Å². The van der Waals surface area contributed by atoms with Crippen molar-refractivity contribution in [2.45, 2.75) is 24.3 Å². The second kappa shape index (κ2) is 11.4. The van der Waals surface area contributed by atoms with Gasteiger partial charge in [-0.15, -0.1) is 0 Å². The molecule has 1 aromatic heterocycles. The van der Waals surface area contributed by atoms with Gasteiger partial charge in [0.1, 0.15) is 17.5 Å². The first-order valence-electron chi connectivity index (χ1n) is 8.92. The third kappa shape index (κ3) is 8.41. The lowest BCUT2D eigenvalue weighted by molar-refractivity contribution is 0.286. The van der Waals surface area contributed by atoms with E-state index in [1.807, 2.05) is 25.1 Å². The van der Waals surface area contributed by atoms with Gasteiger partial charge in [0.15, 0.2) is 0 Å². The highest BCUT2D eigenvalue weighted by atomic mass is 79.9. The SMILES string of the molecule is Cc1ccc(S(=O)(=O)O)cc1.N[C@H](COc1cnc(Cl)c(Br)c1)Cc1ccccc1. The molecule has 0 amide bonds. The van der Waals surface area contributed by atoms with E-state index >= 15 is 0 Å². The molecule has 3 aromatic rings. The predicted octanol–water partition coefficient (Wildman–Crippen LogP) is 4.69. The first-order chi connectivity index (χ1) is 14.1. The van der Waals surface area contributed by atoms with Gasteiger partial charge < -0.3 is 10.5 Å². The molecular formula is C21H22BrClN2O4S. The quantitative estimate of drug-likeness (QED) is 0.366. The van der Waals surface area contributed by atoms with Crippen LogP contribution in [-0.2, 0) is 16.5 Å². The Hall–Kier alpha value is -1.97. The Morgan fingerprint density at radius 3 is 2.37 bits per heavy atom. The smallest absolute Gasteiger partial charge is 0.294 e. The van der Waals surface area contributed by atoms with E-state index in [1.54, 1.807) is 24.4 Å². The highest BCUT2D eigenvalue weighted by Crippen LogP contribution is 2.24. The maximum absolute atomic E-state index is 10.5. The van der Waals surface area contributed by atoms with Crippen LogP contribution in [-0.4, -0.2) is 30.6 Å². The molecule has 0 unspecified atom stereocenters. The van der Waals surface area contributed by atoms with Crippen LogP contribution in [0.15, 0.2) is 76.2 Å². The summed E-state index contributed by atoms with van der Waals surface area (Å²) in [6.45, 7) is 2.28. The minimum absolute atomic E-state index is 0.0585. The van der Waals surface area contributed by atoms with Gasteiger partial charge in [-0.2, -0.15) is 8.42 Å². The summed E-state index contributed by atoms with van der Waals surface area (Å²) in [5.41, 5.74) is 8.20. The average Bonchev–Trinajstić information content (AvgIpc) is 2.70. The van der Waals surface area contributed by atoms with Gasteiger partial charge in [-0.05, 0) is 53.0 Å². The summed E-state index contributed by atoms with van der Waals surface area (Å²) in [5.74, 6) is 0.653. The Balaban J connectivity index is 0.000000248. The zero-order valence-electron chi connectivity index (χ0n) is 16.2. The molecule has 0 saturated heterocycles. The van der Waals surface area contributed by atoms with Crippen molar-refractivity contribution in [1.82, 2.24) is 4.98 Å². The van der Waals surface area contributed by atoms with E-state index in [-0.39, 0.29) is 10.9 Å². The van der Waals surface area contributed by atoms with E-state index in [0.717, 1.165) is 12.0 Å². The molecule has 1 atom stereocenters. The molecule has 0 aliphatic rings. The lowest BCUT2D eigenvalue weighted by atomic mass is 10.1. The Morgan fingerprint density at radius 2 is 1.80 bits per heavy atom. The van der Waals surface area contributed by atoms with Crippen LogP contribution in [0.2, 0.25) is 5.15 Å². The Kier molecular flexibility index (Phi) is 9.26. The number of pyridine rings is 1. The predicted molar refractivity (Wildman–Crippen MR) is 122 cm³/mol. The summed E-state index contributed by atoms with van der Waals surface area (Å²) in [6, 6.07) is 17.8. The fourth-order valence-electron chi connectivity index (χ4n) is 2.37. The highest BCUT2D eigenvalue weighted by Gasteiger charge is 2.07. The van der Waals surface area contributed by atoms with Crippen LogP contribution >= 0.6 is 27.5 Å². The molecule has 0 saturated carbocycles. The van der Waals surface area contributed by atoms with Gasteiger partial charge in [-0.25, -0.2) is 4.98 Å². The number of halogens is 2. The molecule has 160 valence electrons. The number of ether oxygens (including phenoxy) is 1. The fourth-order valence-corrected chi connectivity index (χ4v) is 3.28. The van der Waals surface area contributed by atoms with E-state index < -0.39 is 10.1 Å². The van der Waals surface area contributed by atoms with Crippen LogP contribution in [0, 0.1) is 6.92 Å². The Morgan fingerprint density at radius 1 is 1.17 bits per heavy atom. The zero-order chi connectivity index (χ0) is 22.1. The van der Waals surface area contributed by atoms with Crippen molar-refractivity contribution in [3.63, 3.8) is 0 Å². The Bertz CT molecular complexity index is 1050. The number of rotatable bonds is 6. The number of aromatic nitrogens is 1. The molecule has 0 radical (unpaired) electrons. The van der Waals surface area contributed by atoms with Crippen LogP contribution in [0.5, 0.6) is 5.75 Å². The molecule has 3 rings (SSSR count). The van der Waals surface area contributed by atoms with E-state index in [4.69, 9.17) is 26.6 Å². The largest absolute Gasteiger partial charge is 0.490 e. The van der Waals surface area contributed by atoms with Crippen LogP contribution in [0.4, 0.5) is 0 Å². The second-order valence-electron chi connectivity index (χ2n) is 6.49. The van der Waals surface area contributed by atoms with Crippen molar-refractivity contribution in [1.29, 1.82) is 0 Å². The molecule has 0 aliphatic carbocycles. The van der Waals surface area contributed by atoms with E-state index in [9.17, 15) is 8.42 Å². The topological polar surface area (TPSA) is 103 Å². The molecular weight excluding hydrogens is 492 g/mol. The molecule has 2 aromatic carbocycles. The normalized spacial score (nSPS) is 11.9. The summed E-state index contributed by atoms with van der Waals surface area (Å²) < 4.78 is 35.9. The zero-order valence-corrected chi connectivity index (χ0v) is 19.4. The summed E-state index contributed by atoms with van der Waals surface area (Å²) in [5, 5.41) is 0.418. The van der Waals surface area contributed by atoms with E-state index in [1.165, 1.54) is 17.7 Å². The fraction of sp³-hybridized carbons (Fsp3) is 0.190. The highest BCUT2D eigenvalue weighted by molar-refractivity contribution is 9.10. The van der Waals surface area contributed by atoms with Gasteiger partial charge in [0.2, 0.25) is 0 Å². The van der Waals surface area contributed by atoms with Crippen molar-refractivity contribution in [2.75, 3.05) is 6.61 Å². The molecule has 0 bridgehead atoms. The lowest BCUT2D eigenvalue weighted by Gasteiger charge is -2.13. The molecule has 30 heavy (non-hydrogen) atoms.